The van der Waals surface area contributed by atoms with Crippen LogP contribution in [0.3, 0.4) is 0 Å². The fraction of sp³-hybridized carbons (Fsp3) is 0.667. The first-order chi connectivity index (χ1) is 34.3. The van der Waals surface area contributed by atoms with Crippen molar-refractivity contribution in [1.82, 2.24) is 47.9 Å². The first-order valence-corrected chi connectivity index (χ1v) is 24.8. The highest BCUT2D eigenvalue weighted by atomic mass is 32.1. The molecule has 0 fully saturated rings. The van der Waals surface area contributed by atoms with E-state index in [1.165, 1.54) is 0 Å². The number of aliphatic hydroxyl groups excluding tert-OH is 1. The molecule has 34 heteroatoms. The van der Waals surface area contributed by atoms with Gasteiger partial charge in [-0.15, -0.1) is 0 Å². The number of nitrogens with one attached hydrogen (secondary N) is 9. The summed E-state index contributed by atoms with van der Waals surface area (Å²) in [6, 6.07) is -15.8. The second-order valence-electron chi connectivity index (χ2n) is 15.9. The average molecular weight is 1120 g/mol. The Morgan fingerprint density at radius 2 is 0.658 bits per heavy atom. The highest BCUT2D eigenvalue weighted by molar-refractivity contribution is 7.80. The van der Waals surface area contributed by atoms with Gasteiger partial charge in [0, 0.05) is 23.0 Å². The molecule has 11 amide bonds. The Hall–Kier alpha value is -5.65. The maximum Gasteiger partial charge on any atom is 0.328 e. The van der Waals surface area contributed by atoms with Crippen molar-refractivity contribution in [3.8, 4) is 0 Å². The molecule has 30 nitrogen and oxygen atoms in total. The number of nitrogens with two attached hydrogens (primary N) is 5. The standard InChI is InChI=1S/C39H68N14O16S4/c40-7-3-1-5-18(31(60)45-19(6-2-4-8-41)32(61)48-21(11-29(57)58)34(63)49-22(12-54)39(68)69)46-35(64)23(13-70)51-37(66)25(15-72)53-38(67)26(16-73)52-36(65)24(14-71)50-33(62)20(10-28(44)56)47-30(59)17(42)9-27(43)55/h17-26,54,70-73H,1-16,40-42H2,(H2,43,55)(H2,44,56)(H,45,60)(H,46,64)(H,47,59)(H,48,61)(H,49,63)(H,50,62)(H,51,66)(H,52,65)(H,53,67)(H,57,58)(H,68,69)/t17-,18-,19-,20-,21-,22-,23-,24-,25-,26-/m0/s1. The Morgan fingerprint density at radius 3 is 0.945 bits per heavy atom. The fourth-order valence-corrected chi connectivity index (χ4v) is 7.07. The van der Waals surface area contributed by atoms with Crippen LogP contribution in [0, 0.1) is 0 Å². The second kappa shape index (κ2) is 36.3. The molecule has 0 saturated heterocycles. The number of amides is 11. The van der Waals surface area contributed by atoms with Gasteiger partial charge in [-0.2, -0.15) is 50.5 Å². The van der Waals surface area contributed by atoms with Gasteiger partial charge in [-0.1, -0.05) is 0 Å². The first kappa shape index (κ1) is 67.3. The topological polar surface area (TPSA) is 521 Å². The zero-order chi connectivity index (χ0) is 56.0. The van der Waals surface area contributed by atoms with Crippen LogP contribution in [0.1, 0.15) is 57.8 Å². The third-order valence-electron chi connectivity index (χ3n) is 10.0. The summed E-state index contributed by atoms with van der Waals surface area (Å²) >= 11 is 16.4. The van der Waals surface area contributed by atoms with Crippen LogP contribution in [0.4, 0.5) is 0 Å². The van der Waals surface area contributed by atoms with Gasteiger partial charge in [0.05, 0.1) is 31.9 Å². The van der Waals surface area contributed by atoms with Gasteiger partial charge in [-0.25, -0.2) is 4.79 Å². The monoisotopic (exact) mass is 1120 g/mol. The molecule has 0 aliphatic carbocycles. The van der Waals surface area contributed by atoms with Gasteiger partial charge >= 0.3 is 11.9 Å². The van der Waals surface area contributed by atoms with Gasteiger partial charge in [-0.3, -0.25) is 57.5 Å². The van der Waals surface area contributed by atoms with E-state index >= 15 is 0 Å². The van der Waals surface area contributed by atoms with Crippen molar-refractivity contribution < 1.29 is 77.6 Å². The lowest BCUT2D eigenvalue weighted by Gasteiger charge is -2.27. The molecule has 0 saturated carbocycles. The Kier molecular flexibility index (Phi) is 33.5. The van der Waals surface area contributed by atoms with E-state index in [1.807, 2.05) is 5.32 Å². The van der Waals surface area contributed by atoms with E-state index in [1.54, 1.807) is 0 Å². The summed E-state index contributed by atoms with van der Waals surface area (Å²) in [5.74, 6) is -16.1. The number of hydrogen-bond acceptors (Lipinski definition) is 21. The summed E-state index contributed by atoms with van der Waals surface area (Å²) in [4.78, 5) is 165. The van der Waals surface area contributed by atoms with Crippen molar-refractivity contribution >= 4 is 127 Å². The molecule has 22 N–H and O–H groups in total. The summed E-state index contributed by atoms with van der Waals surface area (Å²) in [6.45, 7) is -0.702. The summed E-state index contributed by atoms with van der Waals surface area (Å²) in [5, 5.41) is 48.5. The SMILES string of the molecule is NCCCC[C@H](NC(=O)[C@H](CCCCN)NC(=O)[C@H](CS)NC(=O)[C@H](CS)NC(=O)[C@H](CS)NC(=O)[C@H](CS)NC(=O)[C@H](CC(N)=O)NC(=O)[C@@H](N)CC(N)=O)C(=O)N[C@@H](CC(=O)O)C(=O)N[C@@H](CO)C(=O)O. The van der Waals surface area contributed by atoms with Crippen LogP contribution < -0.4 is 76.5 Å². The van der Waals surface area contributed by atoms with E-state index in [2.05, 4.69) is 93.0 Å². The predicted octanol–water partition coefficient (Wildman–Crippen LogP) is -9.04. The molecule has 0 aromatic heterocycles. The van der Waals surface area contributed by atoms with Crippen molar-refractivity contribution in [2.45, 2.75) is 118 Å². The normalized spacial score (nSPS) is 15.0. The van der Waals surface area contributed by atoms with Gasteiger partial charge in [0.1, 0.15) is 54.4 Å². The smallest absolute Gasteiger partial charge is 0.328 e. The number of carboxylic acid groups (broad SMARTS) is 2. The highest BCUT2D eigenvalue weighted by Crippen LogP contribution is 2.09. The number of primary amides is 2. The van der Waals surface area contributed by atoms with Crippen LogP contribution in [0.25, 0.3) is 0 Å². The molecule has 0 aromatic carbocycles. The number of hydrogen-bond donors (Lipinski definition) is 21. The molecule has 0 spiro atoms. The lowest BCUT2D eigenvalue weighted by atomic mass is 10.0. The number of aliphatic hydroxyl groups is 1. The molecular weight excluding hydrogens is 1050 g/mol. The number of aliphatic carboxylic acids is 2. The summed E-state index contributed by atoms with van der Waals surface area (Å²) < 4.78 is 0. The number of carboxylic acids is 2. The summed E-state index contributed by atoms with van der Waals surface area (Å²) in [7, 11) is 0. The van der Waals surface area contributed by atoms with Gasteiger partial charge in [0.15, 0.2) is 0 Å². The highest BCUT2D eigenvalue weighted by Gasteiger charge is 2.35. The molecule has 0 aliphatic heterocycles. The van der Waals surface area contributed by atoms with E-state index < -0.39 is 169 Å². The molecule has 10 atom stereocenters. The van der Waals surface area contributed by atoms with Crippen molar-refractivity contribution in [3.05, 3.63) is 0 Å². The molecular formula is C39H68N14O16S4. The largest absolute Gasteiger partial charge is 0.481 e. The Bertz CT molecular complexity index is 1950. The average Bonchev–Trinajstić information content (AvgIpc) is 3.32. The Labute approximate surface area is 440 Å². The fourth-order valence-electron chi connectivity index (χ4n) is 6.05. The quantitative estimate of drug-likeness (QED) is 0.0202. The number of thiol groups is 4. The minimum atomic E-state index is -1.87. The predicted molar refractivity (Wildman–Crippen MR) is 271 cm³/mol. The van der Waals surface area contributed by atoms with Gasteiger partial charge in [0.2, 0.25) is 65.0 Å². The van der Waals surface area contributed by atoms with E-state index in [-0.39, 0.29) is 56.0 Å². The maximum absolute atomic E-state index is 13.8. The van der Waals surface area contributed by atoms with Crippen molar-refractivity contribution in [2.75, 3.05) is 42.7 Å². The molecule has 0 rings (SSSR count). The van der Waals surface area contributed by atoms with Crippen LogP contribution in [-0.4, -0.2) is 195 Å². The molecule has 0 aromatic rings. The first-order valence-electron chi connectivity index (χ1n) is 22.3. The number of carbonyl (C=O) groups excluding carboxylic acids is 11. The minimum Gasteiger partial charge on any atom is -0.481 e. The van der Waals surface area contributed by atoms with Gasteiger partial charge in [-0.05, 0) is 51.6 Å². The van der Waals surface area contributed by atoms with Crippen LogP contribution >= 0.6 is 50.5 Å². The minimum absolute atomic E-state index is 0.0670. The van der Waals surface area contributed by atoms with E-state index in [0.29, 0.717) is 12.8 Å². The molecule has 0 radical (unpaired) electrons. The van der Waals surface area contributed by atoms with E-state index in [4.69, 9.17) is 28.7 Å². The zero-order valence-electron chi connectivity index (χ0n) is 39.4. The number of carbonyl (C=O) groups is 13. The van der Waals surface area contributed by atoms with Crippen LogP contribution in [-0.2, 0) is 62.3 Å². The third-order valence-corrected chi connectivity index (χ3v) is 11.5. The number of rotatable bonds is 38. The van der Waals surface area contributed by atoms with Gasteiger partial charge < -0.3 is 91.8 Å². The van der Waals surface area contributed by atoms with Crippen molar-refractivity contribution in [1.29, 1.82) is 0 Å². The Morgan fingerprint density at radius 1 is 0.384 bits per heavy atom. The van der Waals surface area contributed by atoms with Crippen molar-refractivity contribution in [3.63, 3.8) is 0 Å². The third kappa shape index (κ3) is 26.2. The summed E-state index contributed by atoms with van der Waals surface area (Å²) in [5.41, 5.74) is 27.1. The lowest BCUT2D eigenvalue weighted by Crippen LogP contribution is -2.61. The lowest BCUT2D eigenvalue weighted by molar-refractivity contribution is -0.144. The second-order valence-corrected chi connectivity index (χ2v) is 17.4. The van der Waals surface area contributed by atoms with Crippen molar-refractivity contribution in [2.24, 2.45) is 28.7 Å². The Balaban J connectivity index is 6.19. The van der Waals surface area contributed by atoms with E-state index in [9.17, 15) is 77.6 Å². The molecule has 0 aliphatic rings. The van der Waals surface area contributed by atoms with Crippen LogP contribution in [0.2, 0.25) is 0 Å². The van der Waals surface area contributed by atoms with Crippen LogP contribution in [0.15, 0.2) is 0 Å². The summed E-state index contributed by atoms with van der Waals surface area (Å²) in [6.07, 6.45) is -1.35. The zero-order valence-corrected chi connectivity index (χ0v) is 43.0. The molecule has 0 unspecified atom stereocenters. The molecule has 0 bridgehead atoms. The molecule has 414 valence electrons. The van der Waals surface area contributed by atoms with Crippen LogP contribution in [0.5, 0.6) is 0 Å². The number of unbranched alkanes of at least 4 members (excludes halogenated alkanes) is 2. The van der Waals surface area contributed by atoms with Gasteiger partial charge in [0.25, 0.3) is 0 Å². The van der Waals surface area contributed by atoms with E-state index in [0.717, 1.165) is 0 Å². The maximum atomic E-state index is 13.8. The molecule has 0 heterocycles. The molecule has 73 heavy (non-hydrogen) atoms.